The number of carbonyl (C=O) groups is 1. The van der Waals surface area contributed by atoms with E-state index in [1.807, 2.05) is 29.8 Å². The van der Waals surface area contributed by atoms with Gasteiger partial charge < -0.3 is 14.6 Å². The number of amides is 1. The standard InChI is InChI=1S/C19H20N4O4/c1-22-17-8-7-14(27-2)12-15(17)21-18(22)9-10-20-19(24)11-13-5-3-4-6-16(13)23(25)26/h3-8,12H,9-11H2,1-2H3,(H,20,24). The van der Waals surface area contributed by atoms with Crippen LogP contribution in [0.5, 0.6) is 5.75 Å². The fraction of sp³-hybridized carbons (Fsp3) is 0.263. The van der Waals surface area contributed by atoms with Crippen LogP contribution in [0.3, 0.4) is 0 Å². The maximum absolute atomic E-state index is 12.1. The number of ether oxygens (including phenoxy) is 1. The molecule has 0 fully saturated rings. The number of aromatic nitrogens is 2. The number of nitrogens with zero attached hydrogens (tertiary/aromatic N) is 3. The summed E-state index contributed by atoms with van der Waals surface area (Å²) in [7, 11) is 3.53. The Morgan fingerprint density at radius 1 is 1.30 bits per heavy atom. The zero-order chi connectivity index (χ0) is 19.4. The van der Waals surface area contributed by atoms with Crippen LogP contribution in [0.15, 0.2) is 42.5 Å². The van der Waals surface area contributed by atoms with E-state index in [0.29, 0.717) is 18.5 Å². The van der Waals surface area contributed by atoms with Crippen molar-refractivity contribution in [3.05, 3.63) is 64.0 Å². The predicted molar refractivity (Wildman–Crippen MR) is 101 cm³/mol. The van der Waals surface area contributed by atoms with Crippen LogP contribution < -0.4 is 10.1 Å². The Hall–Kier alpha value is -3.42. The van der Waals surface area contributed by atoms with Crippen molar-refractivity contribution in [1.82, 2.24) is 14.9 Å². The van der Waals surface area contributed by atoms with E-state index >= 15 is 0 Å². The van der Waals surface area contributed by atoms with Crippen LogP contribution in [-0.2, 0) is 24.7 Å². The minimum atomic E-state index is -0.476. The highest BCUT2D eigenvalue weighted by atomic mass is 16.6. The Morgan fingerprint density at radius 2 is 2.07 bits per heavy atom. The lowest BCUT2D eigenvalue weighted by atomic mass is 10.1. The Morgan fingerprint density at radius 3 is 2.81 bits per heavy atom. The number of nitro benzene ring substituents is 1. The van der Waals surface area contributed by atoms with Gasteiger partial charge in [0.1, 0.15) is 11.6 Å². The number of nitrogens with one attached hydrogen (secondary N) is 1. The minimum absolute atomic E-state index is 0.0309. The van der Waals surface area contributed by atoms with Crippen LogP contribution in [0, 0.1) is 10.1 Å². The highest BCUT2D eigenvalue weighted by Gasteiger charge is 2.15. The Kier molecular flexibility index (Phi) is 5.35. The number of carbonyl (C=O) groups excluding carboxylic acids is 1. The molecule has 0 saturated carbocycles. The fourth-order valence-electron chi connectivity index (χ4n) is 2.97. The average molecular weight is 368 g/mol. The summed E-state index contributed by atoms with van der Waals surface area (Å²) in [6.07, 6.45) is 0.521. The molecule has 2 aromatic carbocycles. The van der Waals surface area contributed by atoms with Crippen molar-refractivity contribution in [3.63, 3.8) is 0 Å². The third-order valence-corrected chi connectivity index (χ3v) is 4.39. The van der Waals surface area contributed by atoms with Gasteiger partial charge in [-0.2, -0.15) is 0 Å². The Balaban J connectivity index is 1.61. The normalized spacial score (nSPS) is 10.7. The number of hydrogen-bond donors (Lipinski definition) is 1. The van der Waals surface area contributed by atoms with Gasteiger partial charge in [-0.25, -0.2) is 4.98 Å². The average Bonchev–Trinajstić information content (AvgIpc) is 2.97. The van der Waals surface area contributed by atoms with Gasteiger partial charge in [-0.05, 0) is 12.1 Å². The highest BCUT2D eigenvalue weighted by Crippen LogP contribution is 2.21. The van der Waals surface area contributed by atoms with E-state index in [-0.39, 0.29) is 18.0 Å². The van der Waals surface area contributed by atoms with Crippen molar-refractivity contribution in [3.8, 4) is 5.75 Å². The molecule has 1 heterocycles. The summed E-state index contributed by atoms with van der Waals surface area (Å²) >= 11 is 0. The highest BCUT2D eigenvalue weighted by molar-refractivity contribution is 5.80. The van der Waals surface area contributed by atoms with Crippen molar-refractivity contribution >= 4 is 22.6 Å². The molecular weight excluding hydrogens is 348 g/mol. The SMILES string of the molecule is COc1ccc2c(c1)nc(CCNC(=O)Cc1ccccc1[N+](=O)[O-])n2C. The van der Waals surface area contributed by atoms with E-state index in [9.17, 15) is 14.9 Å². The van der Waals surface area contributed by atoms with Crippen molar-refractivity contribution < 1.29 is 14.5 Å². The van der Waals surface area contributed by atoms with Crippen LogP contribution in [-0.4, -0.2) is 34.0 Å². The van der Waals surface area contributed by atoms with Crippen molar-refractivity contribution in [1.29, 1.82) is 0 Å². The van der Waals surface area contributed by atoms with E-state index in [4.69, 9.17) is 4.74 Å². The number of nitro groups is 1. The molecule has 0 saturated heterocycles. The first-order valence-corrected chi connectivity index (χ1v) is 8.48. The minimum Gasteiger partial charge on any atom is -0.497 e. The third kappa shape index (κ3) is 4.05. The molecule has 0 aliphatic heterocycles. The maximum atomic E-state index is 12.1. The smallest absolute Gasteiger partial charge is 0.273 e. The van der Waals surface area contributed by atoms with Crippen LogP contribution in [0.4, 0.5) is 5.69 Å². The quantitative estimate of drug-likeness (QED) is 0.510. The molecule has 27 heavy (non-hydrogen) atoms. The number of benzene rings is 2. The summed E-state index contributed by atoms with van der Waals surface area (Å²) in [6, 6.07) is 11.9. The lowest BCUT2D eigenvalue weighted by Gasteiger charge is -2.06. The summed E-state index contributed by atoms with van der Waals surface area (Å²) in [5.41, 5.74) is 2.17. The van der Waals surface area contributed by atoms with Crippen LogP contribution in [0.1, 0.15) is 11.4 Å². The molecule has 140 valence electrons. The van der Waals surface area contributed by atoms with Gasteiger partial charge in [0.05, 0.1) is 29.5 Å². The number of aryl methyl sites for hydroxylation is 1. The van der Waals surface area contributed by atoms with Gasteiger partial charge in [0.15, 0.2) is 0 Å². The van der Waals surface area contributed by atoms with Gasteiger partial charge >= 0.3 is 0 Å². The molecule has 0 aliphatic rings. The number of hydrogen-bond acceptors (Lipinski definition) is 5. The molecular formula is C19H20N4O4. The monoisotopic (exact) mass is 368 g/mol. The summed E-state index contributed by atoms with van der Waals surface area (Å²) in [5, 5.41) is 13.8. The molecule has 0 radical (unpaired) electrons. The van der Waals surface area contributed by atoms with E-state index in [2.05, 4.69) is 10.3 Å². The van der Waals surface area contributed by atoms with Gasteiger partial charge in [0.2, 0.25) is 5.91 Å². The van der Waals surface area contributed by atoms with Crippen molar-refractivity contribution in [2.45, 2.75) is 12.8 Å². The molecule has 1 amide bonds. The van der Waals surface area contributed by atoms with E-state index in [1.54, 1.807) is 25.3 Å². The van der Waals surface area contributed by atoms with Crippen molar-refractivity contribution in [2.24, 2.45) is 7.05 Å². The van der Waals surface area contributed by atoms with E-state index in [1.165, 1.54) is 6.07 Å². The summed E-state index contributed by atoms with van der Waals surface area (Å²) in [5.74, 6) is 1.32. The molecule has 3 aromatic rings. The molecule has 0 bridgehead atoms. The lowest BCUT2D eigenvalue weighted by molar-refractivity contribution is -0.385. The fourth-order valence-corrected chi connectivity index (χ4v) is 2.97. The number of methoxy groups -OCH3 is 1. The molecule has 0 unspecified atom stereocenters. The summed E-state index contributed by atoms with van der Waals surface area (Å²) in [4.78, 5) is 27.3. The molecule has 1 aromatic heterocycles. The Bertz CT molecular complexity index is 997. The molecule has 8 heteroatoms. The third-order valence-electron chi connectivity index (χ3n) is 4.39. The molecule has 1 N–H and O–H groups in total. The molecule has 8 nitrogen and oxygen atoms in total. The van der Waals surface area contributed by atoms with Gasteiger partial charge in [0, 0.05) is 37.7 Å². The second-order valence-corrected chi connectivity index (χ2v) is 6.10. The summed E-state index contributed by atoms with van der Waals surface area (Å²) < 4.78 is 7.19. The number of imidazole rings is 1. The van der Waals surface area contributed by atoms with Crippen LogP contribution >= 0.6 is 0 Å². The molecule has 0 aliphatic carbocycles. The van der Waals surface area contributed by atoms with Gasteiger partial charge in [0.25, 0.3) is 5.69 Å². The predicted octanol–water partition coefficient (Wildman–Crippen LogP) is 2.39. The van der Waals surface area contributed by atoms with E-state index in [0.717, 1.165) is 22.6 Å². The van der Waals surface area contributed by atoms with Gasteiger partial charge in [-0.1, -0.05) is 18.2 Å². The number of para-hydroxylation sites is 1. The zero-order valence-corrected chi connectivity index (χ0v) is 15.1. The first kappa shape index (κ1) is 18.4. The maximum Gasteiger partial charge on any atom is 0.273 e. The molecule has 0 spiro atoms. The molecule has 0 atom stereocenters. The Labute approximate surface area is 155 Å². The summed E-state index contributed by atoms with van der Waals surface area (Å²) in [6.45, 7) is 0.397. The second kappa shape index (κ2) is 7.86. The van der Waals surface area contributed by atoms with Gasteiger partial charge in [-0.3, -0.25) is 14.9 Å². The van der Waals surface area contributed by atoms with Gasteiger partial charge in [-0.15, -0.1) is 0 Å². The number of rotatable bonds is 7. The first-order chi connectivity index (χ1) is 13.0. The van der Waals surface area contributed by atoms with Crippen molar-refractivity contribution in [2.75, 3.05) is 13.7 Å². The largest absolute Gasteiger partial charge is 0.497 e. The van der Waals surface area contributed by atoms with E-state index < -0.39 is 4.92 Å². The van der Waals surface area contributed by atoms with Crippen LogP contribution in [0.25, 0.3) is 11.0 Å². The lowest BCUT2D eigenvalue weighted by Crippen LogP contribution is -2.28. The van der Waals surface area contributed by atoms with Crippen LogP contribution in [0.2, 0.25) is 0 Å². The second-order valence-electron chi connectivity index (χ2n) is 6.10. The molecule has 3 rings (SSSR count). The zero-order valence-electron chi connectivity index (χ0n) is 15.1. The first-order valence-electron chi connectivity index (χ1n) is 8.48. The number of fused-ring (bicyclic) bond motifs is 1. The topological polar surface area (TPSA) is 99.3 Å².